The molecule has 5 aromatic rings. The summed E-state index contributed by atoms with van der Waals surface area (Å²) in [5, 5.41) is 6.17. The molecule has 0 bridgehead atoms. The summed E-state index contributed by atoms with van der Waals surface area (Å²) >= 11 is 0. The van der Waals surface area contributed by atoms with Gasteiger partial charge in [0, 0.05) is 56.7 Å². The first-order chi connectivity index (χ1) is 19.3. The van der Waals surface area contributed by atoms with Crippen molar-refractivity contribution in [2.75, 3.05) is 38.2 Å². The van der Waals surface area contributed by atoms with E-state index in [4.69, 9.17) is 4.74 Å². The van der Waals surface area contributed by atoms with Crippen LogP contribution in [0, 0.1) is 12.7 Å². The SMILES string of the molecule is COc1ccccc1-c1cc(C(C)C)c(F)c2[nH]c(C(=O)N3CCN(c4cc5c(cnn5C)cc4C)CC3)cc12.[HH]. The number of fused-ring (bicyclic) bond motifs is 2. The van der Waals surface area contributed by atoms with E-state index >= 15 is 4.39 Å². The second-order valence-corrected chi connectivity index (χ2v) is 10.9. The Balaban J connectivity index is 0.00000337. The monoisotopic (exact) mass is 541 g/mol. The van der Waals surface area contributed by atoms with Crippen LogP contribution in [0.4, 0.5) is 10.1 Å². The number of rotatable bonds is 5. The zero-order valence-corrected chi connectivity index (χ0v) is 23.6. The third kappa shape index (κ3) is 4.28. The maximum absolute atomic E-state index is 15.7. The molecule has 0 atom stereocenters. The van der Waals surface area contributed by atoms with Gasteiger partial charge < -0.3 is 19.5 Å². The average Bonchev–Trinajstić information content (AvgIpc) is 3.57. The van der Waals surface area contributed by atoms with Crippen LogP contribution in [0.2, 0.25) is 0 Å². The first-order valence-corrected chi connectivity index (χ1v) is 13.7. The quantitative estimate of drug-likeness (QED) is 0.276. The number of methoxy groups -OCH3 is 1. The highest BCUT2D eigenvalue weighted by Crippen LogP contribution is 2.39. The summed E-state index contributed by atoms with van der Waals surface area (Å²) in [6.45, 7) is 8.65. The van der Waals surface area contributed by atoms with Crippen LogP contribution in [0.15, 0.2) is 54.7 Å². The van der Waals surface area contributed by atoms with Gasteiger partial charge in [0.05, 0.1) is 24.3 Å². The Labute approximate surface area is 234 Å². The number of hydrogen-bond acceptors (Lipinski definition) is 4. The maximum atomic E-state index is 15.7. The number of carbonyl (C=O) groups is 1. The van der Waals surface area contributed by atoms with Gasteiger partial charge in [-0.25, -0.2) is 4.39 Å². The minimum atomic E-state index is -0.312. The van der Waals surface area contributed by atoms with E-state index in [0.717, 1.165) is 22.0 Å². The number of nitrogens with one attached hydrogen (secondary N) is 1. The van der Waals surface area contributed by atoms with Gasteiger partial charge in [0.25, 0.3) is 5.91 Å². The topological polar surface area (TPSA) is 66.4 Å². The van der Waals surface area contributed by atoms with Crippen LogP contribution in [0.3, 0.4) is 0 Å². The summed E-state index contributed by atoms with van der Waals surface area (Å²) < 4.78 is 23.2. The second-order valence-electron chi connectivity index (χ2n) is 10.9. The summed E-state index contributed by atoms with van der Waals surface area (Å²) in [4.78, 5) is 21.0. The lowest BCUT2D eigenvalue weighted by Crippen LogP contribution is -2.49. The molecule has 8 heteroatoms. The van der Waals surface area contributed by atoms with Crippen molar-refractivity contribution < 1.29 is 15.3 Å². The molecular formula is C32H36FN5O2. The largest absolute Gasteiger partial charge is 0.496 e. The fourth-order valence-corrected chi connectivity index (χ4v) is 5.87. The summed E-state index contributed by atoms with van der Waals surface area (Å²) in [7, 11) is 3.58. The minimum Gasteiger partial charge on any atom is -0.496 e. The van der Waals surface area contributed by atoms with Crippen LogP contribution in [0.1, 0.15) is 42.8 Å². The molecule has 7 nitrogen and oxygen atoms in total. The number of aryl methyl sites for hydroxylation is 2. The van der Waals surface area contributed by atoms with Gasteiger partial charge >= 0.3 is 0 Å². The lowest BCUT2D eigenvalue weighted by molar-refractivity contribution is 0.0742. The first kappa shape index (κ1) is 25.9. The molecule has 0 spiro atoms. The van der Waals surface area contributed by atoms with Crippen molar-refractivity contribution in [2.45, 2.75) is 26.7 Å². The van der Waals surface area contributed by atoms with E-state index in [9.17, 15) is 4.79 Å². The van der Waals surface area contributed by atoms with Crippen LogP contribution in [0.5, 0.6) is 5.75 Å². The standard InChI is InChI=1S/C32H34FN5O2.H2/c1-19(2)23-15-24(22-8-6-7-9-29(22)40-5)25-16-26(35-31(25)30(23)33)32(39)38-12-10-37(11-13-38)27-17-28-21(14-20(27)3)18-34-36(28)4;/h6-9,14-19,35H,10-13H2,1-5H3;1H. The van der Waals surface area contributed by atoms with Gasteiger partial charge in [-0.05, 0) is 59.9 Å². The third-order valence-corrected chi connectivity index (χ3v) is 8.10. The first-order valence-electron chi connectivity index (χ1n) is 13.7. The number of hydrogen-bond donors (Lipinski definition) is 1. The molecule has 6 rings (SSSR count). The Hall–Kier alpha value is -4.33. The fraction of sp³-hybridized carbons (Fsp3) is 0.312. The van der Waals surface area contributed by atoms with Crippen molar-refractivity contribution in [3.8, 4) is 16.9 Å². The van der Waals surface area contributed by atoms with Crippen molar-refractivity contribution in [1.82, 2.24) is 19.7 Å². The molecule has 0 radical (unpaired) electrons. The van der Waals surface area contributed by atoms with Crippen molar-refractivity contribution in [3.63, 3.8) is 0 Å². The second kappa shape index (κ2) is 10.0. The lowest BCUT2D eigenvalue weighted by atomic mass is 9.93. The number of anilines is 1. The summed E-state index contributed by atoms with van der Waals surface area (Å²) in [5.74, 6) is 0.247. The van der Waals surface area contributed by atoms with Crippen molar-refractivity contribution in [3.05, 3.63) is 77.4 Å². The molecule has 2 aromatic heterocycles. The van der Waals surface area contributed by atoms with Gasteiger partial charge in [-0.1, -0.05) is 32.0 Å². The number of nitrogens with zero attached hydrogens (tertiary/aromatic N) is 4. The number of carbonyl (C=O) groups excluding carboxylic acids is 1. The highest BCUT2D eigenvalue weighted by molar-refractivity contribution is 6.04. The molecule has 0 aliphatic carbocycles. The molecule has 1 N–H and O–H groups in total. The van der Waals surface area contributed by atoms with Crippen molar-refractivity contribution >= 4 is 33.4 Å². The molecule has 1 fully saturated rings. The zero-order valence-electron chi connectivity index (χ0n) is 23.6. The average molecular weight is 542 g/mol. The van der Waals surface area contributed by atoms with Gasteiger partial charge in [0.15, 0.2) is 5.82 Å². The number of benzene rings is 3. The number of piperazine rings is 1. The lowest BCUT2D eigenvalue weighted by Gasteiger charge is -2.36. The molecule has 0 unspecified atom stereocenters. The van der Waals surface area contributed by atoms with Gasteiger partial charge in [0.2, 0.25) is 0 Å². The summed E-state index contributed by atoms with van der Waals surface area (Å²) in [6.07, 6.45) is 1.88. The molecule has 1 amide bonds. The van der Waals surface area contributed by atoms with E-state index in [-0.39, 0.29) is 19.1 Å². The number of ether oxygens (including phenoxy) is 1. The number of para-hydroxylation sites is 1. The van der Waals surface area contributed by atoms with Crippen molar-refractivity contribution in [1.29, 1.82) is 0 Å². The maximum Gasteiger partial charge on any atom is 0.270 e. The summed E-state index contributed by atoms with van der Waals surface area (Å²) in [6, 6.07) is 15.7. The Morgan fingerprint density at radius 2 is 1.82 bits per heavy atom. The number of aromatic amines is 1. The van der Waals surface area contributed by atoms with E-state index in [1.807, 2.05) is 67.0 Å². The number of aromatic nitrogens is 3. The number of amides is 1. The molecule has 1 saturated heterocycles. The third-order valence-electron chi connectivity index (χ3n) is 8.10. The Morgan fingerprint density at radius 1 is 1.07 bits per heavy atom. The van der Waals surface area contributed by atoms with Gasteiger partial charge in [-0.3, -0.25) is 9.48 Å². The van der Waals surface area contributed by atoms with Gasteiger partial charge in [-0.15, -0.1) is 0 Å². The fourth-order valence-electron chi connectivity index (χ4n) is 5.87. The van der Waals surface area contributed by atoms with E-state index in [0.29, 0.717) is 54.1 Å². The highest BCUT2D eigenvalue weighted by atomic mass is 19.1. The molecule has 0 saturated carbocycles. The van der Waals surface area contributed by atoms with Crippen LogP contribution >= 0.6 is 0 Å². The van der Waals surface area contributed by atoms with Crippen LogP contribution in [-0.4, -0.2) is 58.9 Å². The molecule has 3 heterocycles. The van der Waals surface area contributed by atoms with E-state index in [2.05, 4.69) is 34.0 Å². The Bertz CT molecular complexity index is 1750. The van der Waals surface area contributed by atoms with Gasteiger partial charge in [-0.2, -0.15) is 5.10 Å². The van der Waals surface area contributed by atoms with Crippen LogP contribution in [-0.2, 0) is 7.05 Å². The van der Waals surface area contributed by atoms with Crippen LogP contribution in [0.25, 0.3) is 32.9 Å². The molecule has 40 heavy (non-hydrogen) atoms. The van der Waals surface area contributed by atoms with E-state index in [1.165, 1.54) is 11.3 Å². The molecule has 1 aliphatic heterocycles. The molecule has 208 valence electrons. The highest BCUT2D eigenvalue weighted by Gasteiger charge is 2.27. The zero-order chi connectivity index (χ0) is 28.1. The number of halogens is 1. The van der Waals surface area contributed by atoms with Gasteiger partial charge in [0.1, 0.15) is 11.4 Å². The predicted molar refractivity (Wildman–Crippen MR) is 160 cm³/mol. The van der Waals surface area contributed by atoms with Crippen LogP contribution < -0.4 is 9.64 Å². The Morgan fingerprint density at radius 3 is 2.55 bits per heavy atom. The molecule has 1 aliphatic rings. The summed E-state index contributed by atoms with van der Waals surface area (Å²) in [5.41, 5.74) is 6.51. The normalized spacial score (nSPS) is 14.1. The smallest absolute Gasteiger partial charge is 0.270 e. The number of H-pyrrole nitrogens is 1. The molecule has 3 aromatic carbocycles. The van der Waals surface area contributed by atoms with E-state index < -0.39 is 0 Å². The predicted octanol–water partition coefficient (Wildman–Crippen LogP) is 6.51. The molecular weight excluding hydrogens is 505 g/mol. The van der Waals surface area contributed by atoms with E-state index in [1.54, 1.807) is 13.2 Å². The van der Waals surface area contributed by atoms with Crippen molar-refractivity contribution in [2.24, 2.45) is 7.05 Å². The Kier molecular flexibility index (Phi) is 6.49. The minimum absolute atomic E-state index is 0.